The third-order valence-corrected chi connectivity index (χ3v) is 6.24. The highest BCUT2D eigenvalue weighted by Gasteiger charge is 2.46. The van der Waals surface area contributed by atoms with Gasteiger partial charge in [-0.2, -0.15) is 0 Å². The van der Waals surface area contributed by atoms with E-state index in [0.29, 0.717) is 34.6 Å². The number of anilines is 1. The van der Waals surface area contributed by atoms with Gasteiger partial charge in [-0.05, 0) is 42.8 Å². The van der Waals surface area contributed by atoms with Crippen LogP contribution in [0.1, 0.15) is 11.6 Å². The van der Waals surface area contributed by atoms with Crippen LogP contribution in [0, 0.1) is 17.7 Å². The highest BCUT2D eigenvalue weighted by atomic mass is 19.1. The van der Waals surface area contributed by atoms with Gasteiger partial charge in [0.15, 0.2) is 0 Å². The van der Waals surface area contributed by atoms with Crippen LogP contribution in [-0.4, -0.2) is 48.7 Å². The van der Waals surface area contributed by atoms with Crippen molar-refractivity contribution in [1.82, 2.24) is 14.9 Å². The topological polar surface area (TPSA) is 41.5 Å². The monoisotopic (exact) mass is 378 g/mol. The third-order valence-electron chi connectivity index (χ3n) is 6.24. The Balaban J connectivity index is 1.47. The summed E-state index contributed by atoms with van der Waals surface area (Å²) in [5.74, 6) is 2.35. The molecule has 2 aromatic carbocycles. The summed E-state index contributed by atoms with van der Waals surface area (Å²) < 4.78 is 19.8. The van der Waals surface area contributed by atoms with E-state index in [9.17, 15) is 4.39 Å². The lowest BCUT2D eigenvalue weighted by Gasteiger charge is -2.27. The third kappa shape index (κ3) is 2.71. The van der Waals surface area contributed by atoms with E-state index >= 15 is 0 Å². The molecule has 0 amide bonds. The molecular formula is C22H23FN4O. The van der Waals surface area contributed by atoms with Gasteiger partial charge in [-0.3, -0.25) is 4.90 Å². The average molecular weight is 378 g/mol. The first-order valence-corrected chi connectivity index (χ1v) is 9.64. The molecule has 3 atom stereocenters. The number of aromatic nitrogens is 2. The van der Waals surface area contributed by atoms with Gasteiger partial charge < -0.3 is 9.64 Å². The maximum Gasteiger partial charge on any atom is 0.142 e. The van der Waals surface area contributed by atoms with E-state index in [1.54, 1.807) is 13.2 Å². The number of methoxy groups -OCH3 is 1. The Morgan fingerprint density at radius 3 is 2.64 bits per heavy atom. The fourth-order valence-corrected chi connectivity index (χ4v) is 5.03. The van der Waals surface area contributed by atoms with Crippen molar-refractivity contribution in [2.75, 3.05) is 38.7 Å². The zero-order valence-electron chi connectivity index (χ0n) is 16.0. The van der Waals surface area contributed by atoms with Crippen molar-refractivity contribution < 1.29 is 9.13 Å². The van der Waals surface area contributed by atoms with Crippen molar-refractivity contribution in [1.29, 1.82) is 0 Å². The van der Waals surface area contributed by atoms with Gasteiger partial charge in [-0.25, -0.2) is 14.4 Å². The zero-order chi connectivity index (χ0) is 19.3. The van der Waals surface area contributed by atoms with Gasteiger partial charge in [-0.15, -0.1) is 0 Å². The van der Waals surface area contributed by atoms with E-state index in [-0.39, 0.29) is 5.82 Å². The number of benzene rings is 2. The molecule has 6 heteroatoms. The number of halogens is 1. The van der Waals surface area contributed by atoms with Gasteiger partial charge in [0, 0.05) is 31.6 Å². The van der Waals surface area contributed by atoms with E-state index < -0.39 is 0 Å². The molecule has 2 aliphatic rings. The number of hydrogen-bond donors (Lipinski definition) is 0. The second-order valence-electron chi connectivity index (χ2n) is 7.82. The Hall–Kier alpha value is -2.73. The fraction of sp³-hybridized carbons (Fsp3) is 0.364. The van der Waals surface area contributed by atoms with Gasteiger partial charge in [0.05, 0.1) is 18.0 Å². The molecule has 0 spiro atoms. The lowest BCUT2D eigenvalue weighted by atomic mass is 9.89. The van der Waals surface area contributed by atoms with Gasteiger partial charge >= 0.3 is 0 Å². The highest BCUT2D eigenvalue weighted by Crippen LogP contribution is 2.45. The van der Waals surface area contributed by atoms with Crippen LogP contribution in [-0.2, 0) is 0 Å². The number of likely N-dealkylation sites (tertiary alicyclic amines) is 1. The van der Waals surface area contributed by atoms with E-state index in [1.807, 2.05) is 18.2 Å². The minimum absolute atomic E-state index is 0.256. The lowest BCUT2D eigenvalue weighted by molar-refractivity contribution is 0.279. The summed E-state index contributed by atoms with van der Waals surface area (Å²) in [6.07, 6.45) is 1.54. The van der Waals surface area contributed by atoms with Crippen molar-refractivity contribution in [3.05, 3.63) is 60.2 Å². The number of hydrogen-bond acceptors (Lipinski definition) is 5. The van der Waals surface area contributed by atoms with Gasteiger partial charge in [-0.1, -0.05) is 18.2 Å². The summed E-state index contributed by atoms with van der Waals surface area (Å²) in [4.78, 5) is 13.4. The molecule has 0 bridgehead atoms. The Morgan fingerprint density at radius 2 is 1.86 bits per heavy atom. The molecule has 1 aromatic heterocycles. The molecule has 0 saturated carbocycles. The minimum Gasteiger partial charge on any atom is -0.497 e. The fourth-order valence-electron chi connectivity index (χ4n) is 5.03. The minimum atomic E-state index is -0.256. The van der Waals surface area contributed by atoms with Gasteiger partial charge in [0.2, 0.25) is 0 Å². The molecule has 2 aliphatic heterocycles. The second-order valence-corrected chi connectivity index (χ2v) is 7.82. The summed E-state index contributed by atoms with van der Waals surface area (Å²) in [6.45, 7) is 2.79. The zero-order valence-corrected chi connectivity index (χ0v) is 16.0. The molecule has 2 saturated heterocycles. The molecule has 5 rings (SSSR count). The van der Waals surface area contributed by atoms with E-state index in [4.69, 9.17) is 4.74 Å². The van der Waals surface area contributed by atoms with Crippen molar-refractivity contribution in [2.24, 2.45) is 11.8 Å². The molecule has 144 valence electrons. The van der Waals surface area contributed by atoms with E-state index in [1.165, 1.54) is 18.0 Å². The SMILES string of the molecule is COc1ccc([C@H]2[C@@H]3CN(c4ncnc5cccc(F)c45)C[C@@H]3CN2C)cc1. The summed E-state index contributed by atoms with van der Waals surface area (Å²) in [5, 5.41) is 0.527. The van der Waals surface area contributed by atoms with Crippen LogP contribution in [0.15, 0.2) is 48.8 Å². The predicted octanol–water partition coefficient (Wildman–Crippen LogP) is 3.52. The Morgan fingerprint density at radius 1 is 1.04 bits per heavy atom. The van der Waals surface area contributed by atoms with Crippen molar-refractivity contribution in [2.45, 2.75) is 6.04 Å². The lowest BCUT2D eigenvalue weighted by Crippen LogP contribution is -2.29. The normalized spacial score (nSPS) is 24.7. The highest BCUT2D eigenvalue weighted by molar-refractivity contribution is 5.90. The summed E-state index contributed by atoms with van der Waals surface area (Å²) in [6, 6.07) is 13.7. The second kappa shape index (κ2) is 6.71. The molecule has 3 heterocycles. The summed E-state index contributed by atoms with van der Waals surface area (Å²) >= 11 is 0. The maximum absolute atomic E-state index is 14.5. The first-order chi connectivity index (χ1) is 13.7. The number of nitrogens with zero attached hydrogens (tertiary/aromatic N) is 4. The molecule has 28 heavy (non-hydrogen) atoms. The smallest absolute Gasteiger partial charge is 0.142 e. The van der Waals surface area contributed by atoms with Gasteiger partial charge in [0.25, 0.3) is 0 Å². The van der Waals surface area contributed by atoms with Crippen LogP contribution in [0.4, 0.5) is 10.2 Å². The molecular weight excluding hydrogens is 355 g/mol. The summed E-state index contributed by atoms with van der Waals surface area (Å²) in [7, 11) is 3.88. The van der Waals surface area contributed by atoms with Gasteiger partial charge in [0.1, 0.15) is 23.7 Å². The molecule has 0 aliphatic carbocycles. The van der Waals surface area contributed by atoms with Crippen molar-refractivity contribution in [3.8, 4) is 5.75 Å². The van der Waals surface area contributed by atoms with Crippen LogP contribution in [0.2, 0.25) is 0 Å². The quantitative estimate of drug-likeness (QED) is 0.698. The largest absolute Gasteiger partial charge is 0.497 e. The number of ether oxygens (including phenoxy) is 1. The first kappa shape index (κ1) is 17.4. The molecule has 0 unspecified atom stereocenters. The van der Waals surface area contributed by atoms with E-state index in [2.05, 4.69) is 38.9 Å². The Labute approximate surface area is 163 Å². The molecule has 3 aromatic rings. The van der Waals surface area contributed by atoms with Crippen LogP contribution in [0.3, 0.4) is 0 Å². The number of rotatable bonds is 3. The first-order valence-electron chi connectivity index (χ1n) is 9.64. The number of fused-ring (bicyclic) bond motifs is 2. The maximum atomic E-state index is 14.5. The molecule has 0 radical (unpaired) electrons. The Kier molecular flexibility index (Phi) is 4.16. The standard InChI is InChI=1S/C22H23FN4O/c1-26-10-15-11-27(22-20-18(23)4-3-5-19(20)24-13-25-22)12-17(15)21(26)14-6-8-16(28-2)9-7-14/h3-9,13,15,17,21H,10-12H2,1-2H3/t15-,17+,21-/m0/s1. The molecule has 0 N–H and O–H groups in total. The summed E-state index contributed by atoms with van der Waals surface area (Å²) in [5.41, 5.74) is 1.96. The van der Waals surface area contributed by atoms with Crippen LogP contribution in [0.25, 0.3) is 10.9 Å². The van der Waals surface area contributed by atoms with Crippen LogP contribution >= 0.6 is 0 Å². The van der Waals surface area contributed by atoms with Crippen LogP contribution in [0.5, 0.6) is 5.75 Å². The van der Waals surface area contributed by atoms with E-state index in [0.717, 1.165) is 25.4 Å². The van der Waals surface area contributed by atoms with Crippen LogP contribution < -0.4 is 9.64 Å². The molecule has 5 nitrogen and oxygen atoms in total. The van der Waals surface area contributed by atoms with Crippen molar-refractivity contribution >= 4 is 16.7 Å². The van der Waals surface area contributed by atoms with Crippen molar-refractivity contribution in [3.63, 3.8) is 0 Å². The molecule has 2 fully saturated rings. The Bertz CT molecular complexity index is 1000. The predicted molar refractivity (Wildman–Crippen MR) is 107 cm³/mol. The average Bonchev–Trinajstić information content (AvgIpc) is 3.24.